The summed E-state index contributed by atoms with van der Waals surface area (Å²) in [5, 5.41) is 3.60. The molecule has 1 aliphatic heterocycles. The van der Waals surface area contributed by atoms with Gasteiger partial charge in [-0.1, -0.05) is 36.8 Å². The molecule has 2 unspecified atom stereocenters. The summed E-state index contributed by atoms with van der Waals surface area (Å²) in [6, 6.07) is 9.68. The third kappa shape index (κ3) is 3.81. The summed E-state index contributed by atoms with van der Waals surface area (Å²) in [5.41, 5.74) is 2.63. The molecule has 1 N–H and O–H groups in total. The molecule has 1 heterocycles. The molecule has 0 bridgehead atoms. The molecule has 112 valence electrons. The van der Waals surface area contributed by atoms with E-state index in [2.05, 4.69) is 62.2 Å². The molecule has 1 fully saturated rings. The first-order chi connectivity index (χ1) is 9.61. The van der Waals surface area contributed by atoms with E-state index in [9.17, 15) is 0 Å². The van der Waals surface area contributed by atoms with Gasteiger partial charge < -0.3 is 10.1 Å². The Balaban J connectivity index is 2.13. The van der Waals surface area contributed by atoms with E-state index < -0.39 is 0 Å². The summed E-state index contributed by atoms with van der Waals surface area (Å²) in [6.45, 7) is 12.6. The Morgan fingerprint density at radius 3 is 2.60 bits per heavy atom. The summed E-state index contributed by atoms with van der Waals surface area (Å²) in [5.74, 6) is 0. The molecule has 1 aromatic rings. The lowest BCUT2D eigenvalue weighted by Crippen LogP contribution is -2.50. The summed E-state index contributed by atoms with van der Waals surface area (Å²) in [6.07, 6.45) is 0.230. The van der Waals surface area contributed by atoms with Gasteiger partial charge in [0.2, 0.25) is 0 Å². The smallest absolute Gasteiger partial charge is 0.0897 e. The number of morpholine rings is 1. The van der Waals surface area contributed by atoms with Crippen LogP contribution >= 0.6 is 0 Å². The Bertz CT molecular complexity index is 402. The van der Waals surface area contributed by atoms with Crippen molar-refractivity contribution in [3.8, 4) is 0 Å². The van der Waals surface area contributed by atoms with E-state index in [1.165, 1.54) is 11.1 Å². The van der Waals surface area contributed by atoms with Gasteiger partial charge in [0.15, 0.2) is 0 Å². The quantitative estimate of drug-likeness (QED) is 0.895. The molecule has 3 nitrogen and oxygen atoms in total. The highest BCUT2D eigenvalue weighted by molar-refractivity contribution is 5.25. The molecule has 0 radical (unpaired) electrons. The van der Waals surface area contributed by atoms with Gasteiger partial charge in [-0.15, -0.1) is 0 Å². The van der Waals surface area contributed by atoms with Gasteiger partial charge in [-0.3, -0.25) is 4.90 Å². The number of rotatable bonds is 5. The number of benzene rings is 1. The predicted molar refractivity (Wildman–Crippen MR) is 84.0 cm³/mol. The lowest BCUT2D eigenvalue weighted by atomic mass is 9.98. The zero-order valence-corrected chi connectivity index (χ0v) is 13.2. The van der Waals surface area contributed by atoms with Crippen LogP contribution in [0.3, 0.4) is 0 Å². The molecule has 1 aliphatic rings. The molecule has 2 atom stereocenters. The van der Waals surface area contributed by atoms with Gasteiger partial charge in [-0.25, -0.2) is 0 Å². The maximum absolute atomic E-state index is 6.05. The van der Waals surface area contributed by atoms with Crippen LogP contribution in [0.2, 0.25) is 0 Å². The SMILES string of the molecule is CCNC(c1ccc(C)cc1)C1CN(C(C)C)CCO1. The zero-order valence-electron chi connectivity index (χ0n) is 13.2. The van der Waals surface area contributed by atoms with Crippen LogP contribution in [0.5, 0.6) is 0 Å². The molecule has 3 heteroatoms. The molecule has 1 aromatic carbocycles. The van der Waals surface area contributed by atoms with Gasteiger partial charge in [0.25, 0.3) is 0 Å². The average molecular weight is 276 g/mol. The van der Waals surface area contributed by atoms with E-state index in [0.29, 0.717) is 6.04 Å². The van der Waals surface area contributed by atoms with Crippen LogP contribution in [0, 0.1) is 6.92 Å². The van der Waals surface area contributed by atoms with E-state index >= 15 is 0 Å². The highest BCUT2D eigenvalue weighted by Crippen LogP contribution is 2.23. The first kappa shape index (κ1) is 15.5. The monoisotopic (exact) mass is 276 g/mol. The first-order valence-corrected chi connectivity index (χ1v) is 7.77. The van der Waals surface area contributed by atoms with Crippen LogP contribution in [0.1, 0.15) is 37.9 Å². The van der Waals surface area contributed by atoms with E-state index in [-0.39, 0.29) is 12.1 Å². The number of ether oxygens (including phenoxy) is 1. The van der Waals surface area contributed by atoms with Crippen molar-refractivity contribution in [3.05, 3.63) is 35.4 Å². The Hall–Kier alpha value is -0.900. The number of hydrogen-bond acceptors (Lipinski definition) is 3. The van der Waals surface area contributed by atoms with Crippen molar-refractivity contribution in [2.75, 3.05) is 26.2 Å². The lowest BCUT2D eigenvalue weighted by Gasteiger charge is -2.39. The Morgan fingerprint density at radius 1 is 1.30 bits per heavy atom. The van der Waals surface area contributed by atoms with Crippen molar-refractivity contribution in [2.24, 2.45) is 0 Å². The van der Waals surface area contributed by atoms with Crippen molar-refractivity contribution in [3.63, 3.8) is 0 Å². The summed E-state index contributed by atoms with van der Waals surface area (Å²) >= 11 is 0. The van der Waals surface area contributed by atoms with E-state index in [1.54, 1.807) is 0 Å². The van der Waals surface area contributed by atoms with Crippen LogP contribution in [-0.4, -0.2) is 43.3 Å². The largest absolute Gasteiger partial charge is 0.374 e. The number of aryl methyl sites for hydroxylation is 1. The second kappa shape index (κ2) is 7.21. The molecular formula is C17H28N2O. The lowest BCUT2D eigenvalue weighted by molar-refractivity contribution is -0.0558. The van der Waals surface area contributed by atoms with Crippen molar-refractivity contribution >= 4 is 0 Å². The Morgan fingerprint density at radius 2 is 2.00 bits per heavy atom. The number of likely N-dealkylation sites (N-methyl/N-ethyl adjacent to an activating group) is 1. The van der Waals surface area contributed by atoms with Crippen LogP contribution < -0.4 is 5.32 Å². The van der Waals surface area contributed by atoms with E-state index in [4.69, 9.17) is 4.74 Å². The molecule has 0 saturated carbocycles. The highest BCUT2D eigenvalue weighted by atomic mass is 16.5. The minimum atomic E-state index is 0.230. The summed E-state index contributed by atoms with van der Waals surface area (Å²) < 4.78 is 6.05. The van der Waals surface area contributed by atoms with Gasteiger partial charge in [0.1, 0.15) is 0 Å². The highest BCUT2D eigenvalue weighted by Gasteiger charge is 2.29. The fraction of sp³-hybridized carbons (Fsp3) is 0.647. The van der Waals surface area contributed by atoms with Crippen LogP contribution in [-0.2, 0) is 4.74 Å². The van der Waals surface area contributed by atoms with Crippen molar-refractivity contribution in [1.29, 1.82) is 0 Å². The minimum absolute atomic E-state index is 0.230. The van der Waals surface area contributed by atoms with Crippen LogP contribution in [0.4, 0.5) is 0 Å². The van der Waals surface area contributed by atoms with E-state index in [0.717, 1.165) is 26.2 Å². The Kier molecular flexibility index (Phi) is 5.58. The number of nitrogens with zero attached hydrogens (tertiary/aromatic N) is 1. The summed E-state index contributed by atoms with van der Waals surface area (Å²) in [4.78, 5) is 2.51. The molecule has 0 aromatic heterocycles. The van der Waals surface area contributed by atoms with Crippen molar-refractivity contribution in [2.45, 2.75) is 45.9 Å². The predicted octanol–water partition coefficient (Wildman–Crippen LogP) is 2.75. The van der Waals surface area contributed by atoms with Crippen molar-refractivity contribution < 1.29 is 4.74 Å². The minimum Gasteiger partial charge on any atom is -0.374 e. The zero-order chi connectivity index (χ0) is 14.5. The van der Waals surface area contributed by atoms with Gasteiger partial charge in [0, 0.05) is 19.1 Å². The van der Waals surface area contributed by atoms with Gasteiger partial charge in [-0.2, -0.15) is 0 Å². The molecule has 20 heavy (non-hydrogen) atoms. The fourth-order valence-corrected chi connectivity index (χ4v) is 2.82. The maximum Gasteiger partial charge on any atom is 0.0897 e. The van der Waals surface area contributed by atoms with Crippen molar-refractivity contribution in [1.82, 2.24) is 10.2 Å². The molecule has 1 saturated heterocycles. The Labute approximate surface area is 123 Å². The van der Waals surface area contributed by atoms with Gasteiger partial charge in [0.05, 0.1) is 18.8 Å². The fourth-order valence-electron chi connectivity index (χ4n) is 2.82. The van der Waals surface area contributed by atoms with Gasteiger partial charge in [-0.05, 0) is 32.9 Å². The normalized spacial score (nSPS) is 22.1. The number of nitrogens with one attached hydrogen (secondary N) is 1. The third-order valence-electron chi connectivity index (χ3n) is 4.09. The molecule has 0 spiro atoms. The molecule has 0 amide bonds. The van der Waals surface area contributed by atoms with E-state index in [1.807, 2.05) is 0 Å². The topological polar surface area (TPSA) is 24.5 Å². The molecule has 2 rings (SSSR count). The second-order valence-electron chi connectivity index (χ2n) is 5.94. The standard InChI is InChI=1S/C17H28N2O/c1-5-18-17(15-8-6-14(4)7-9-15)16-12-19(13(2)3)10-11-20-16/h6-9,13,16-18H,5,10-12H2,1-4H3. The molecule has 0 aliphatic carbocycles. The first-order valence-electron chi connectivity index (χ1n) is 7.77. The maximum atomic E-state index is 6.05. The second-order valence-corrected chi connectivity index (χ2v) is 5.94. The van der Waals surface area contributed by atoms with Crippen LogP contribution in [0.25, 0.3) is 0 Å². The summed E-state index contributed by atoms with van der Waals surface area (Å²) in [7, 11) is 0. The third-order valence-corrected chi connectivity index (χ3v) is 4.09. The molecular weight excluding hydrogens is 248 g/mol. The van der Waals surface area contributed by atoms with Crippen LogP contribution in [0.15, 0.2) is 24.3 Å². The van der Waals surface area contributed by atoms with Gasteiger partial charge >= 0.3 is 0 Å². The number of hydrogen-bond donors (Lipinski definition) is 1. The average Bonchev–Trinajstić information content (AvgIpc) is 2.46.